The number of para-hydroxylation sites is 1. The van der Waals surface area contributed by atoms with E-state index in [-0.39, 0.29) is 76.8 Å². The number of methoxy groups -OCH3 is 1. The molecule has 10 heteroatoms. The standard InChI is InChI=1S/C24H24N2O6S2/c1-32-13-6-3-2-5-10(13)15-16-11-9-12(19(16)33-21-20(15)34-24(31)25-21)18-17(11)22(29)26(23(18)30)8-4-7-14(27)28/h2-3,5-6,11-12,15-19H,4,7-9H2,1H3,(H,25,31)(H,27,28)/t11-,12+,15-,16+,17+,18+,19+/m0/s1. The number of ether oxygens (including phenoxy) is 1. The number of aliphatic carboxylic acids is 1. The summed E-state index contributed by atoms with van der Waals surface area (Å²) in [7, 11) is 1.64. The lowest BCUT2D eigenvalue weighted by atomic mass is 9.68. The average Bonchev–Trinajstić information content (AvgIpc) is 3.54. The first-order valence-electron chi connectivity index (χ1n) is 11.5. The normalized spacial score (nSPS) is 33.1. The molecular formula is C24H24N2O6S2. The number of carbonyl (C=O) groups excluding carboxylic acids is 2. The highest BCUT2D eigenvalue weighted by Gasteiger charge is 2.69. The van der Waals surface area contributed by atoms with Crippen LogP contribution in [0.1, 0.15) is 35.6 Å². The second-order valence-electron chi connectivity index (χ2n) is 9.53. The minimum atomic E-state index is -0.929. The number of amides is 2. The quantitative estimate of drug-likeness (QED) is 0.586. The van der Waals surface area contributed by atoms with Crippen molar-refractivity contribution < 1.29 is 24.2 Å². The molecule has 1 aromatic heterocycles. The number of carboxylic acid groups (broad SMARTS) is 1. The van der Waals surface area contributed by atoms with E-state index in [4.69, 9.17) is 9.84 Å². The van der Waals surface area contributed by atoms with Gasteiger partial charge < -0.3 is 14.8 Å². The number of fused-ring (bicyclic) bond motifs is 9. The summed E-state index contributed by atoms with van der Waals surface area (Å²) < 4.78 is 5.69. The monoisotopic (exact) mass is 500 g/mol. The topological polar surface area (TPSA) is 117 Å². The van der Waals surface area contributed by atoms with Crippen LogP contribution in [0.2, 0.25) is 0 Å². The fourth-order valence-electron chi connectivity index (χ4n) is 6.96. The van der Waals surface area contributed by atoms with Gasteiger partial charge in [0, 0.05) is 34.6 Å². The van der Waals surface area contributed by atoms with Crippen LogP contribution in [0.15, 0.2) is 34.1 Å². The predicted octanol–water partition coefficient (Wildman–Crippen LogP) is 2.78. The highest BCUT2D eigenvalue weighted by atomic mass is 32.2. The van der Waals surface area contributed by atoms with E-state index in [1.807, 2.05) is 24.3 Å². The van der Waals surface area contributed by atoms with E-state index in [1.54, 1.807) is 18.9 Å². The van der Waals surface area contributed by atoms with Crippen LogP contribution in [0.5, 0.6) is 5.75 Å². The van der Waals surface area contributed by atoms with Crippen molar-refractivity contribution >= 4 is 40.9 Å². The molecule has 2 aromatic rings. The minimum Gasteiger partial charge on any atom is -0.496 e. The Kier molecular flexibility index (Phi) is 5.14. The number of nitrogens with one attached hydrogen (secondary N) is 1. The van der Waals surface area contributed by atoms with Crippen LogP contribution >= 0.6 is 23.1 Å². The van der Waals surface area contributed by atoms with Gasteiger partial charge in [-0.25, -0.2) is 0 Å². The third-order valence-corrected chi connectivity index (χ3v) is 10.6. The third-order valence-electron chi connectivity index (χ3n) is 8.06. The van der Waals surface area contributed by atoms with Crippen molar-refractivity contribution in [3.63, 3.8) is 0 Å². The van der Waals surface area contributed by atoms with E-state index in [2.05, 4.69) is 4.98 Å². The van der Waals surface area contributed by atoms with Gasteiger partial charge in [-0.05, 0) is 36.7 Å². The van der Waals surface area contributed by atoms with E-state index in [1.165, 1.54) is 16.2 Å². The average molecular weight is 501 g/mol. The molecule has 2 saturated carbocycles. The van der Waals surface area contributed by atoms with Gasteiger partial charge in [-0.1, -0.05) is 29.5 Å². The zero-order valence-corrected chi connectivity index (χ0v) is 20.1. The summed E-state index contributed by atoms with van der Waals surface area (Å²) >= 11 is 2.88. The molecule has 2 amide bonds. The number of benzene rings is 1. The molecule has 178 valence electrons. The van der Waals surface area contributed by atoms with Crippen LogP contribution in [-0.2, 0) is 14.4 Å². The molecule has 8 nitrogen and oxygen atoms in total. The molecule has 3 heterocycles. The molecule has 1 saturated heterocycles. The molecular weight excluding hydrogens is 476 g/mol. The predicted molar refractivity (Wildman–Crippen MR) is 125 cm³/mol. The Morgan fingerprint density at radius 2 is 1.91 bits per heavy atom. The molecule has 4 aliphatic rings. The molecule has 0 spiro atoms. The van der Waals surface area contributed by atoms with Crippen molar-refractivity contribution in [2.75, 3.05) is 13.7 Å². The van der Waals surface area contributed by atoms with E-state index in [9.17, 15) is 19.2 Å². The van der Waals surface area contributed by atoms with Crippen molar-refractivity contribution in [2.24, 2.45) is 29.6 Å². The van der Waals surface area contributed by atoms with Gasteiger partial charge in [-0.15, -0.1) is 11.8 Å². The maximum Gasteiger partial charge on any atom is 0.305 e. The Morgan fingerprint density at radius 1 is 1.18 bits per heavy atom. The summed E-state index contributed by atoms with van der Waals surface area (Å²) in [4.78, 5) is 55.2. The van der Waals surface area contributed by atoms with Gasteiger partial charge in [0.15, 0.2) is 0 Å². The molecule has 2 aliphatic heterocycles. The first-order valence-corrected chi connectivity index (χ1v) is 13.2. The van der Waals surface area contributed by atoms with Gasteiger partial charge in [0.05, 0.1) is 24.0 Å². The number of carboxylic acids is 1. The van der Waals surface area contributed by atoms with Crippen LogP contribution < -0.4 is 9.61 Å². The van der Waals surface area contributed by atoms with Crippen LogP contribution in [0.4, 0.5) is 0 Å². The summed E-state index contributed by atoms with van der Waals surface area (Å²) in [6, 6.07) is 7.84. The lowest BCUT2D eigenvalue weighted by Gasteiger charge is -2.43. The van der Waals surface area contributed by atoms with Gasteiger partial charge in [-0.3, -0.25) is 24.1 Å². The lowest BCUT2D eigenvalue weighted by Crippen LogP contribution is -2.42. The number of nitrogens with zero attached hydrogens (tertiary/aromatic N) is 1. The van der Waals surface area contributed by atoms with Gasteiger partial charge in [0.1, 0.15) is 5.75 Å². The van der Waals surface area contributed by atoms with E-state index in [0.717, 1.165) is 27.6 Å². The van der Waals surface area contributed by atoms with Gasteiger partial charge in [0.25, 0.3) is 0 Å². The van der Waals surface area contributed by atoms with Crippen LogP contribution in [0.25, 0.3) is 0 Å². The third kappa shape index (κ3) is 3.04. The fraction of sp³-hybridized carbons (Fsp3) is 0.500. The smallest absolute Gasteiger partial charge is 0.305 e. The van der Waals surface area contributed by atoms with E-state index < -0.39 is 5.97 Å². The van der Waals surface area contributed by atoms with Gasteiger partial charge in [0.2, 0.25) is 11.8 Å². The number of thioether (sulfide) groups is 1. The Labute approximate surface area is 203 Å². The SMILES string of the molecule is COc1ccccc1[C@@H]1c2sc(=O)[nH]c2S[C@@H]2[C@@H]3C[C@H]([C@H]4C(=O)N(CCCC(=O)O)C(=O)[C@H]34)[C@H]12. The Morgan fingerprint density at radius 3 is 2.65 bits per heavy atom. The number of hydrogen-bond donors (Lipinski definition) is 2. The maximum absolute atomic E-state index is 13.4. The molecule has 0 radical (unpaired) electrons. The first-order chi connectivity index (χ1) is 16.4. The summed E-state index contributed by atoms with van der Waals surface area (Å²) in [5.41, 5.74) is 1.01. The molecule has 2 N–H and O–H groups in total. The molecule has 2 aliphatic carbocycles. The van der Waals surface area contributed by atoms with Crippen molar-refractivity contribution in [3.8, 4) is 5.75 Å². The molecule has 2 bridgehead atoms. The molecule has 0 unspecified atom stereocenters. The van der Waals surface area contributed by atoms with Gasteiger partial charge in [-0.2, -0.15) is 0 Å². The lowest BCUT2D eigenvalue weighted by molar-refractivity contribution is -0.142. The first kappa shape index (κ1) is 21.9. The van der Waals surface area contributed by atoms with Crippen molar-refractivity contribution in [1.82, 2.24) is 9.88 Å². The second kappa shape index (κ2) is 7.98. The number of hydrogen-bond acceptors (Lipinski definition) is 7. The molecule has 1 aromatic carbocycles. The van der Waals surface area contributed by atoms with E-state index in [0.29, 0.717) is 0 Å². The van der Waals surface area contributed by atoms with Crippen LogP contribution in [-0.4, -0.2) is 51.7 Å². The molecule has 6 rings (SSSR count). The zero-order chi connectivity index (χ0) is 23.7. The number of aromatic nitrogens is 1. The van der Waals surface area contributed by atoms with Crippen molar-refractivity contribution in [1.29, 1.82) is 0 Å². The zero-order valence-electron chi connectivity index (χ0n) is 18.4. The number of thiazole rings is 1. The van der Waals surface area contributed by atoms with Crippen molar-refractivity contribution in [2.45, 2.75) is 35.5 Å². The highest BCUT2D eigenvalue weighted by Crippen LogP contribution is 2.68. The Bertz CT molecular complexity index is 1250. The molecule has 7 atom stereocenters. The highest BCUT2D eigenvalue weighted by molar-refractivity contribution is 8.00. The van der Waals surface area contributed by atoms with Crippen molar-refractivity contribution in [3.05, 3.63) is 44.4 Å². The molecule has 3 fully saturated rings. The fourth-order valence-corrected chi connectivity index (χ4v) is 9.84. The summed E-state index contributed by atoms with van der Waals surface area (Å²) in [6.07, 6.45) is 1.03. The maximum atomic E-state index is 13.4. The largest absolute Gasteiger partial charge is 0.496 e. The van der Waals surface area contributed by atoms with Crippen LogP contribution in [0, 0.1) is 29.6 Å². The Balaban J connectivity index is 1.39. The summed E-state index contributed by atoms with van der Waals surface area (Å²) in [6.45, 7) is 0.162. The number of imide groups is 1. The second-order valence-corrected chi connectivity index (χ2v) is 11.7. The molecule has 34 heavy (non-hydrogen) atoms. The summed E-state index contributed by atoms with van der Waals surface area (Å²) in [5, 5.41) is 9.94. The summed E-state index contributed by atoms with van der Waals surface area (Å²) in [5.74, 6) is -1.06. The van der Waals surface area contributed by atoms with Crippen LogP contribution in [0.3, 0.4) is 0 Å². The minimum absolute atomic E-state index is 0.0358. The van der Waals surface area contributed by atoms with Gasteiger partial charge >= 0.3 is 10.8 Å². The Hall–Kier alpha value is -2.59. The number of H-pyrrole nitrogens is 1. The number of rotatable bonds is 6. The number of carbonyl (C=O) groups is 3. The number of likely N-dealkylation sites (tertiary alicyclic amines) is 1. The number of aromatic amines is 1. The van der Waals surface area contributed by atoms with E-state index >= 15 is 0 Å².